The number of hydrogen-bond donors (Lipinski definition) is 2. The molecule has 0 saturated heterocycles. The van der Waals surface area contributed by atoms with Crippen LogP contribution in [0.15, 0.2) is 29.6 Å². The highest BCUT2D eigenvalue weighted by Gasteiger charge is 2.43. The van der Waals surface area contributed by atoms with Gasteiger partial charge in [0.2, 0.25) is 0 Å². The molecule has 1 aromatic heterocycles. The van der Waals surface area contributed by atoms with Crippen molar-refractivity contribution in [2.75, 3.05) is 7.11 Å². The van der Waals surface area contributed by atoms with Crippen LogP contribution in [0.4, 0.5) is 0 Å². The summed E-state index contributed by atoms with van der Waals surface area (Å²) in [6.45, 7) is 0. The molecule has 2 N–H and O–H groups in total. The summed E-state index contributed by atoms with van der Waals surface area (Å²) in [5.41, 5.74) is -0.0203. The monoisotopic (exact) mass is 346 g/mol. The molecule has 1 fully saturated rings. The summed E-state index contributed by atoms with van der Waals surface area (Å²) in [4.78, 5) is 28.3. The number of carbonyl (C=O) groups excluding carboxylic acids is 1. The van der Waals surface area contributed by atoms with Gasteiger partial charge in [-0.3, -0.25) is 4.79 Å². The van der Waals surface area contributed by atoms with Gasteiger partial charge in [-0.1, -0.05) is 12.8 Å². The van der Waals surface area contributed by atoms with Crippen molar-refractivity contribution >= 4 is 23.2 Å². The number of carboxylic acid groups (broad SMARTS) is 1. The summed E-state index contributed by atoms with van der Waals surface area (Å²) < 4.78 is 5.12. The topological polar surface area (TPSA) is 88.5 Å². The molecule has 1 heterocycles. The standard InChI is InChI=1S/C17H18N2O4S/c1-23-12-6-4-11(5-7-12)15-18-13(10-24-15)14(20)19-17(16(21)22)8-2-3-9-17/h4-7,10H,2-3,8-9H2,1H3,(H,19,20)(H,21,22). The van der Waals surface area contributed by atoms with E-state index >= 15 is 0 Å². The molecule has 0 spiro atoms. The summed E-state index contributed by atoms with van der Waals surface area (Å²) in [5, 5.41) is 14.5. The third-order valence-corrected chi connectivity index (χ3v) is 5.18. The van der Waals surface area contributed by atoms with Gasteiger partial charge in [0, 0.05) is 10.9 Å². The Kier molecular flexibility index (Phi) is 4.53. The van der Waals surface area contributed by atoms with E-state index in [2.05, 4.69) is 10.3 Å². The van der Waals surface area contributed by atoms with Gasteiger partial charge in [-0.2, -0.15) is 0 Å². The van der Waals surface area contributed by atoms with E-state index in [1.807, 2.05) is 24.3 Å². The van der Waals surface area contributed by atoms with Crippen molar-refractivity contribution in [3.63, 3.8) is 0 Å². The second kappa shape index (κ2) is 6.60. The Balaban J connectivity index is 1.77. The fourth-order valence-corrected chi connectivity index (χ4v) is 3.70. The molecule has 24 heavy (non-hydrogen) atoms. The summed E-state index contributed by atoms with van der Waals surface area (Å²) in [7, 11) is 1.60. The zero-order valence-electron chi connectivity index (χ0n) is 13.2. The molecular formula is C17H18N2O4S. The van der Waals surface area contributed by atoms with Crippen LogP contribution in [0.25, 0.3) is 10.6 Å². The molecule has 3 rings (SSSR count). The maximum absolute atomic E-state index is 12.4. The number of aliphatic carboxylic acids is 1. The first-order valence-corrected chi connectivity index (χ1v) is 8.58. The molecule has 126 valence electrons. The van der Waals surface area contributed by atoms with Crippen molar-refractivity contribution in [3.05, 3.63) is 35.3 Å². The third-order valence-electron chi connectivity index (χ3n) is 4.29. The number of amides is 1. The minimum atomic E-state index is -1.15. The van der Waals surface area contributed by atoms with E-state index in [9.17, 15) is 14.7 Å². The molecule has 1 aliphatic carbocycles. The predicted molar refractivity (Wildman–Crippen MR) is 90.4 cm³/mol. The predicted octanol–water partition coefficient (Wildman–Crippen LogP) is 2.95. The maximum atomic E-state index is 12.4. The second-order valence-electron chi connectivity index (χ2n) is 5.81. The van der Waals surface area contributed by atoms with Crippen LogP contribution < -0.4 is 10.1 Å². The van der Waals surface area contributed by atoms with Gasteiger partial charge in [0.25, 0.3) is 5.91 Å². The van der Waals surface area contributed by atoms with E-state index in [4.69, 9.17) is 4.74 Å². The van der Waals surface area contributed by atoms with Crippen LogP contribution in [0.2, 0.25) is 0 Å². The Morgan fingerprint density at radius 2 is 1.92 bits per heavy atom. The van der Waals surface area contributed by atoms with Crippen molar-refractivity contribution < 1.29 is 19.4 Å². The van der Waals surface area contributed by atoms with E-state index in [-0.39, 0.29) is 5.69 Å². The molecule has 0 unspecified atom stereocenters. The van der Waals surface area contributed by atoms with Crippen molar-refractivity contribution in [3.8, 4) is 16.3 Å². The zero-order valence-corrected chi connectivity index (χ0v) is 14.1. The number of carbonyl (C=O) groups is 2. The molecule has 0 bridgehead atoms. The SMILES string of the molecule is COc1ccc(-c2nc(C(=O)NC3(C(=O)O)CCCC3)cs2)cc1. The van der Waals surface area contributed by atoms with Crippen LogP contribution in [-0.2, 0) is 4.79 Å². The van der Waals surface area contributed by atoms with Crippen molar-refractivity contribution in [2.45, 2.75) is 31.2 Å². The van der Waals surface area contributed by atoms with Crippen LogP contribution in [0.5, 0.6) is 5.75 Å². The average molecular weight is 346 g/mol. The number of methoxy groups -OCH3 is 1. The molecular weight excluding hydrogens is 328 g/mol. The quantitative estimate of drug-likeness (QED) is 0.869. The van der Waals surface area contributed by atoms with Gasteiger partial charge in [-0.05, 0) is 37.1 Å². The van der Waals surface area contributed by atoms with Crippen LogP contribution in [0, 0.1) is 0 Å². The highest BCUT2D eigenvalue weighted by Crippen LogP contribution is 2.31. The molecule has 2 aromatic rings. The average Bonchev–Trinajstić information content (AvgIpc) is 3.25. The summed E-state index contributed by atoms with van der Waals surface area (Å²) >= 11 is 1.35. The molecule has 0 atom stereocenters. The van der Waals surface area contributed by atoms with Gasteiger partial charge in [-0.15, -0.1) is 11.3 Å². The van der Waals surface area contributed by atoms with Crippen molar-refractivity contribution in [1.29, 1.82) is 0 Å². The van der Waals surface area contributed by atoms with E-state index < -0.39 is 17.4 Å². The van der Waals surface area contributed by atoms with Gasteiger partial charge in [0.1, 0.15) is 22.0 Å². The van der Waals surface area contributed by atoms with Gasteiger partial charge in [0.15, 0.2) is 0 Å². The lowest BCUT2D eigenvalue weighted by Crippen LogP contribution is -2.52. The zero-order chi connectivity index (χ0) is 17.2. The lowest BCUT2D eigenvalue weighted by Gasteiger charge is -2.24. The van der Waals surface area contributed by atoms with Gasteiger partial charge < -0.3 is 15.2 Å². The Morgan fingerprint density at radius 3 is 2.50 bits per heavy atom. The van der Waals surface area contributed by atoms with Crippen molar-refractivity contribution in [1.82, 2.24) is 10.3 Å². The highest BCUT2D eigenvalue weighted by atomic mass is 32.1. The molecule has 1 aromatic carbocycles. The molecule has 0 radical (unpaired) electrons. The molecule has 7 heteroatoms. The highest BCUT2D eigenvalue weighted by molar-refractivity contribution is 7.13. The van der Waals surface area contributed by atoms with Crippen LogP contribution in [0.3, 0.4) is 0 Å². The lowest BCUT2D eigenvalue weighted by molar-refractivity contribution is -0.144. The summed E-state index contributed by atoms with van der Waals surface area (Å²) in [6, 6.07) is 7.40. The largest absolute Gasteiger partial charge is 0.497 e. The van der Waals surface area contributed by atoms with Gasteiger partial charge in [0.05, 0.1) is 7.11 Å². The lowest BCUT2D eigenvalue weighted by atomic mass is 9.98. The number of carboxylic acids is 1. The number of aromatic nitrogens is 1. The number of nitrogens with one attached hydrogen (secondary N) is 1. The maximum Gasteiger partial charge on any atom is 0.329 e. The minimum Gasteiger partial charge on any atom is -0.497 e. The first-order chi connectivity index (χ1) is 11.5. The molecule has 1 amide bonds. The number of ether oxygens (including phenoxy) is 1. The Labute approximate surface area is 143 Å². The van der Waals surface area contributed by atoms with Crippen LogP contribution in [0.1, 0.15) is 36.2 Å². The van der Waals surface area contributed by atoms with Gasteiger partial charge in [-0.25, -0.2) is 9.78 Å². The smallest absolute Gasteiger partial charge is 0.329 e. The molecule has 1 saturated carbocycles. The number of hydrogen-bond acceptors (Lipinski definition) is 5. The van der Waals surface area contributed by atoms with Crippen LogP contribution >= 0.6 is 11.3 Å². The van der Waals surface area contributed by atoms with E-state index in [1.54, 1.807) is 12.5 Å². The second-order valence-corrected chi connectivity index (χ2v) is 6.67. The first kappa shape index (κ1) is 16.4. The summed E-state index contributed by atoms with van der Waals surface area (Å²) in [5.74, 6) is -0.660. The number of thiazole rings is 1. The van der Waals surface area contributed by atoms with E-state index in [0.29, 0.717) is 17.8 Å². The van der Waals surface area contributed by atoms with E-state index in [0.717, 1.165) is 24.2 Å². The van der Waals surface area contributed by atoms with Gasteiger partial charge >= 0.3 is 5.97 Å². The Morgan fingerprint density at radius 1 is 1.25 bits per heavy atom. The Bertz CT molecular complexity index is 748. The number of rotatable bonds is 5. The first-order valence-electron chi connectivity index (χ1n) is 7.70. The molecule has 1 aliphatic rings. The summed E-state index contributed by atoms with van der Waals surface area (Å²) in [6.07, 6.45) is 2.54. The fourth-order valence-electron chi connectivity index (χ4n) is 2.90. The fraction of sp³-hybridized carbons (Fsp3) is 0.353. The van der Waals surface area contributed by atoms with Crippen LogP contribution in [-0.4, -0.2) is 34.6 Å². The molecule has 6 nitrogen and oxygen atoms in total. The Hall–Kier alpha value is -2.41. The van der Waals surface area contributed by atoms with Crippen molar-refractivity contribution in [2.24, 2.45) is 0 Å². The van der Waals surface area contributed by atoms with E-state index in [1.165, 1.54) is 11.3 Å². The minimum absolute atomic E-state index is 0.248. The third kappa shape index (κ3) is 3.12. The normalized spacial score (nSPS) is 15.9. The number of nitrogens with zero attached hydrogens (tertiary/aromatic N) is 1. The number of benzene rings is 1. The molecule has 0 aliphatic heterocycles.